The van der Waals surface area contributed by atoms with Crippen LogP contribution in [0, 0.1) is 0 Å². The summed E-state index contributed by atoms with van der Waals surface area (Å²) in [4.78, 5) is 12.0. The fourth-order valence-electron chi connectivity index (χ4n) is 3.49. The summed E-state index contributed by atoms with van der Waals surface area (Å²) in [7, 11) is -3.70. The lowest BCUT2D eigenvalue weighted by Crippen LogP contribution is -2.40. The number of rotatable bonds is 7. The number of benzene rings is 1. The third-order valence-corrected chi connectivity index (χ3v) is 6.30. The third kappa shape index (κ3) is 5.19. The van der Waals surface area contributed by atoms with Crippen molar-refractivity contribution < 1.29 is 17.9 Å². The summed E-state index contributed by atoms with van der Waals surface area (Å²) in [6.07, 6.45) is 8.89. The maximum Gasteiger partial charge on any atom is 0.241 e. The highest BCUT2D eigenvalue weighted by Gasteiger charge is 2.20. The van der Waals surface area contributed by atoms with Crippen molar-refractivity contribution >= 4 is 15.9 Å². The zero-order valence-corrected chi connectivity index (χ0v) is 15.2. The molecular formula is C18H26N2O4S. The molecular weight excluding hydrogens is 340 g/mol. The monoisotopic (exact) mass is 366 g/mol. The second-order valence-corrected chi connectivity index (χ2v) is 8.64. The van der Waals surface area contributed by atoms with Crippen LogP contribution in [0.4, 0.5) is 0 Å². The van der Waals surface area contributed by atoms with Gasteiger partial charge in [0.2, 0.25) is 15.9 Å². The Kier molecular flexibility index (Phi) is 5.96. The molecule has 6 nitrogen and oxygen atoms in total. The molecule has 2 saturated carbocycles. The number of hydrogen-bond donors (Lipinski definition) is 2. The fourth-order valence-corrected chi connectivity index (χ4v) is 4.47. The highest BCUT2D eigenvalue weighted by Crippen LogP contribution is 2.25. The van der Waals surface area contributed by atoms with E-state index in [2.05, 4.69) is 10.0 Å². The first kappa shape index (κ1) is 18.2. The van der Waals surface area contributed by atoms with Gasteiger partial charge in [0, 0.05) is 6.04 Å². The zero-order valence-electron chi connectivity index (χ0n) is 14.4. The normalized spacial score (nSPS) is 19.2. The summed E-state index contributed by atoms with van der Waals surface area (Å²) < 4.78 is 32.8. The molecule has 0 heterocycles. The van der Waals surface area contributed by atoms with Gasteiger partial charge in [0.25, 0.3) is 0 Å². The summed E-state index contributed by atoms with van der Waals surface area (Å²) in [5.41, 5.74) is 0. The van der Waals surface area contributed by atoms with E-state index in [9.17, 15) is 13.2 Å². The Morgan fingerprint density at radius 1 is 1.00 bits per heavy atom. The summed E-state index contributed by atoms with van der Waals surface area (Å²) in [6.45, 7) is -0.237. The number of hydrogen-bond acceptors (Lipinski definition) is 4. The van der Waals surface area contributed by atoms with Crippen molar-refractivity contribution in [1.82, 2.24) is 10.0 Å². The molecule has 0 saturated heterocycles. The lowest BCUT2D eigenvalue weighted by molar-refractivity contribution is -0.120. The number of sulfonamides is 1. The van der Waals surface area contributed by atoms with Gasteiger partial charge in [-0.3, -0.25) is 4.79 Å². The minimum Gasteiger partial charge on any atom is -0.490 e. The fraction of sp³-hybridized carbons (Fsp3) is 0.611. The molecule has 0 aliphatic heterocycles. The van der Waals surface area contributed by atoms with Crippen LogP contribution in [0.25, 0.3) is 0 Å². The standard InChI is InChI=1S/C18H26N2O4S/c21-18(20-14-5-1-2-6-14)13-19-25(22,23)17-11-9-16(10-12-17)24-15-7-3-4-8-15/h9-12,14-15,19H,1-8,13H2,(H,20,21). The Labute approximate surface area is 149 Å². The Morgan fingerprint density at radius 2 is 1.60 bits per heavy atom. The molecule has 2 aliphatic rings. The molecule has 1 aromatic carbocycles. The smallest absolute Gasteiger partial charge is 0.241 e. The number of amides is 1. The van der Waals surface area contributed by atoms with Crippen LogP contribution in [0.15, 0.2) is 29.2 Å². The van der Waals surface area contributed by atoms with Crippen LogP contribution in [0.3, 0.4) is 0 Å². The molecule has 0 aromatic heterocycles. The van der Waals surface area contributed by atoms with E-state index >= 15 is 0 Å². The molecule has 25 heavy (non-hydrogen) atoms. The highest BCUT2D eigenvalue weighted by atomic mass is 32.2. The average molecular weight is 366 g/mol. The van der Waals surface area contributed by atoms with Gasteiger partial charge in [-0.2, -0.15) is 0 Å². The topological polar surface area (TPSA) is 84.5 Å². The van der Waals surface area contributed by atoms with E-state index in [-0.39, 0.29) is 29.5 Å². The summed E-state index contributed by atoms with van der Waals surface area (Å²) in [5.74, 6) is 0.404. The van der Waals surface area contributed by atoms with Crippen molar-refractivity contribution in [1.29, 1.82) is 0 Å². The van der Waals surface area contributed by atoms with Crippen LogP contribution < -0.4 is 14.8 Å². The predicted molar refractivity (Wildman–Crippen MR) is 94.9 cm³/mol. The van der Waals surface area contributed by atoms with Crippen molar-refractivity contribution in [2.75, 3.05) is 6.54 Å². The minimum atomic E-state index is -3.70. The van der Waals surface area contributed by atoms with Gasteiger partial charge in [0.1, 0.15) is 5.75 Å². The van der Waals surface area contributed by atoms with E-state index in [0.717, 1.165) is 38.5 Å². The third-order valence-electron chi connectivity index (χ3n) is 4.88. The minimum absolute atomic E-state index is 0.139. The van der Waals surface area contributed by atoms with E-state index in [1.54, 1.807) is 12.1 Å². The van der Waals surface area contributed by atoms with E-state index in [1.807, 2.05) is 0 Å². The lowest BCUT2D eigenvalue weighted by atomic mass is 10.2. The summed E-state index contributed by atoms with van der Waals surface area (Å²) >= 11 is 0. The lowest BCUT2D eigenvalue weighted by Gasteiger charge is -2.14. The van der Waals surface area contributed by atoms with Crippen LogP contribution in [0.2, 0.25) is 0 Å². The number of nitrogens with one attached hydrogen (secondary N) is 2. The first-order chi connectivity index (χ1) is 12.0. The van der Waals surface area contributed by atoms with Crippen LogP contribution >= 0.6 is 0 Å². The van der Waals surface area contributed by atoms with Crippen LogP contribution in [-0.4, -0.2) is 33.0 Å². The maximum atomic E-state index is 12.3. The van der Waals surface area contributed by atoms with Gasteiger partial charge in [0.05, 0.1) is 17.5 Å². The molecule has 0 radical (unpaired) electrons. The Morgan fingerprint density at radius 3 is 2.24 bits per heavy atom. The second kappa shape index (κ2) is 8.19. The molecule has 1 amide bonds. The molecule has 3 rings (SSSR count). The van der Waals surface area contributed by atoms with Crippen molar-refractivity contribution in [2.24, 2.45) is 0 Å². The van der Waals surface area contributed by atoms with Gasteiger partial charge < -0.3 is 10.1 Å². The molecule has 7 heteroatoms. The van der Waals surface area contributed by atoms with Crippen LogP contribution in [-0.2, 0) is 14.8 Å². The van der Waals surface area contributed by atoms with Crippen LogP contribution in [0.5, 0.6) is 5.75 Å². The second-order valence-electron chi connectivity index (χ2n) is 6.87. The molecule has 0 spiro atoms. The van der Waals surface area contributed by atoms with E-state index in [4.69, 9.17) is 4.74 Å². The Hall–Kier alpha value is -1.60. The van der Waals surface area contributed by atoms with Crippen molar-refractivity contribution in [2.45, 2.75) is 68.4 Å². The van der Waals surface area contributed by atoms with E-state index < -0.39 is 10.0 Å². The van der Waals surface area contributed by atoms with Crippen molar-refractivity contribution in [3.05, 3.63) is 24.3 Å². The number of carbonyl (C=O) groups is 1. The first-order valence-corrected chi connectivity index (χ1v) is 10.6. The Balaban J connectivity index is 1.51. The SMILES string of the molecule is O=C(CNS(=O)(=O)c1ccc(OC2CCCC2)cc1)NC1CCCC1. The van der Waals surface area contributed by atoms with Gasteiger partial charge >= 0.3 is 0 Å². The van der Waals surface area contributed by atoms with Gasteiger partial charge in [-0.15, -0.1) is 0 Å². The number of carbonyl (C=O) groups excluding carboxylic acids is 1. The molecule has 0 unspecified atom stereocenters. The number of ether oxygens (including phenoxy) is 1. The average Bonchev–Trinajstić information content (AvgIpc) is 3.28. The molecule has 2 N–H and O–H groups in total. The molecule has 0 atom stereocenters. The quantitative estimate of drug-likeness (QED) is 0.776. The molecule has 138 valence electrons. The van der Waals surface area contributed by atoms with Gasteiger partial charge in [-0.25, -0.2) is 13.1 Å². The summed E-state index contributed by atoms with van der Waals surface area (Å²) in [5, 5.41) is 2.87. The zero-order chi connectivity index (χ0) is 17.7. The molecule has 2 fully saturated rings. The molecule has 0 bridgehead atoms. The van der Waals surface area contributed by atoms with Crippen molar-refractivity contribution in [3.63, 3.8) is 0 Å². The molecule has 2 aliphatic carbocycles. The van der Waals surface area contributed by atoms with Gasteiger partial charge in [-0.05, 0) is 62.8 Å². The maximum absolute atomic E-state index is 12.3. The Bertz CT molecular complexity index is 676. The van der Waals surface area contributed by atoms with Gasteiger partial charge in [-0.1, -0.05) is 12.8 Å². The molecule has 1 aromatic rings. The highest BCUT2D eigenvalue weighted by molar-refractivity contribution is 7.89. The largest absolute Gasteiger partial charge is 0.490 e. The van der Waals surface area contributed by atoms with E-state index in [0.29, 0.717) is 5.75 Å². The summed E-state index contributed by atoms with van der Waals surface area (Å²) in [6, 6.07) is 6.56. The van der Waals surface area contributed by atoms with Crippen molar-refractivity contribution in [3.8, 4) is 5.75 Å². The predicted octanol–water partition coefficient (Wildman–Crippen LogP) is 2.35. The first-order valence-electron chi connectivity index (χ1n) is 9.09. The van der Waals surface area contributed by atoms with E-state index in [1.165, 1.54) is 25.0 Å². The van der Waals surface area contributed by atoms with Gasteiger partial charge in [0.15, 0.2) is 0 Å². The van der Waals surface area contributed by atoms with Crippen LogP contribution in [0.1, 0.15) is 51.4 Å².